The van der Waals surface area contributed by atoms with Crippen molar-refractivity contribution in [3.8, 4) is 28.6 Å². The molecule has 3 aromatic rings. The van der Waals surface area contributed by atoms with E-state index < -0.39 is 6.23 Å². The number of thioether (sulfide) groups is 1. The third-order valence-electron chi connectivity index (χ3n) is 5.49. The number of aromatic nitrogens is 3. The van der Waals surface area contributed by atoms with Crippen LogP contribution >= 0.6 is 11.8 Å². The summed E-state index contributed by atoms with van der Waals surface area (Å²) in [7, 11) is 3.19. The van der Waals surface area contributed by atoms with E-state index in [2.05, 4.69) is 24.0 Å². The Hall–Kier alpha value is -3.33. The van der Waals surface area contributed by atoms with Gasteiger partial charge in [-0.2, -0.15) is 4.98 Å². The number of hydrogen-bond acceptors (Lipinski definition) is 8. The Labute approximate surface area is 210 Å². The largest absolute Gasteiger partial charge is 0.497 e. The number of ether oxygens (including phenoxy) is 3. The van der Waals surface area contributed by atoms with Crippen molar-refractivity contribution in [1.82, 2.24) is 15.2 Å². The third-order valence-corrected chi connectivity index (χ3v) is 6.76. The fraction of sp³-hybridized carbons (Fsp3) is 0.385. The summed E-state index contributed by atoms with van der Waals surface area (Å²) in [5.74, 6) is 2.76. The molecule has 184 valence electrons. The van der Waals surface area contributed by atoms with Gasteiger partial charge in [-0.1, -0.05) is 50.7 Å². The number of hydrogen-bond donors (Lipinski definition) is 0. The van der Waals surface area contributed by atoms with Crippen LogP contribution in [-0.4, -0.2) is 41.1 Å². The van der Waals surface area contributed by atoms with E-state index in [1.54, 1.807) is 25.2 Å². The summed E-state index contributed by atoms with van der Waals surface area (Å²) < 4.78 is 17.7. The van der Waals surface area contributed by atoms with E-state index >= 15 is 0 Å². The second-order valence-corrected chi connectivity index (χ2v) is 9.55. The SMILES string of the molecule is CCCC(=O)N1c2ccccc2-c2nnc(SCC(C)C)nc2O[C@@H]1c1cc(OC)ccc1OC. The lowest BCUT2D eigenvalue weighted by Gasteiger charge is -2.31. The van der Waals surface area contributed by atoms with Crippen LogP contribution in [0.1, 0.15) is 45.4 Å². The number of para-hydroxylation sites is 1. The summed E-state index contributed by atoms with van der Waals surface area (Å²) in [6.07, 6.45) is 0.201. The van der Waals surface area contributed by atoms with Gasteiger partial charge in [-0.15, -0.1) is 10.2 Å². The van der Waals surface area contributed by atoms with E-state index in [-0.39, 0.29) is 5.91 Å². The molecule has 2 aromatic carbocycles. The first-order valence-electron chi connectivity index (χ1n) is 11.6. The quantitative estimate of drug-likeness (QED) is 0.378. The second-order valence-electron chi connectivity index (χ2n) is 8.56. The highest BCUT2D eigenvalue weighted by molar-refractivity contribution is 7.99. The highest BCUT2D eigenvalue weighted by atomic mass is 32.2. The molecule has 1 aromatic heterocycles. The minimum absolute atomic E-state index is 0.0787. The maximum atomic E-state index is 13.6. The number of nitrogens with zero attached hydrogens (tertiary/aromatic N) is 4. The summed E-state index contributed by atoms with van der Waals surface area (Å²) in [4.78, 5) is 19.9. The molecule has 0 spiro atoms. The predicted octanol–water partition coefficient (Wildman–Crippen LogP) is 5.53. The van der Waals surface area contributed by atoms with Crippen molar-refractivity contribution in [3.63, 3.8) is 0 Å². The molecule has 8 nitrogen and oxygen atoms in total. The molecule has 0 saturated heterocycles. The molecular formula is C26H30N4O4S. The van der Waals surface area contributed by atoms with Gasteiger partial charge in [-0.3, -0.25) is 9.69 Å². The Morgan fingerprint density at radius 1 is 1.14 bits per heavy atom. The lowest BCUT2D eigenvalue weighted by atomic mass is 10.1. The third kappa shape index (κ3) is 5.19. The van der Waals surface area contributed by atoms with Crippen LogP contribution in [0, 0.1) is 5.92 Å². The van der Waals surface area contributed by atoms with Crippen molar-refractivity contribution < 1.29 is 19.0 Å². The van der Waals surface area contributed by atoms with E-state index in [9.17, 15) is 4.79 Å². The van der Waals surface area contributed by atoms with E-state index in [0.717, 1.165) is 11.3 Å². The van der Waals surface area contributed by atoms with Gasteiger partial charge < -0.3 is 14.2 Å². The molecule has 1 amide bonds. The summed E-state index contributed by atoms with van der Waals surface area (Å²) in [6.45, 7) is 6.25. The molecule has 0 saturated carbocycles. The first-order chi connectivity index (χ1) is 17.0. The van der Waals surface area contributed by atoms with Crippen molar-refractivity contribution in [2.24, 2.45) is 5.92 Å². The Morgan fingerprint density at radius 2 is 1.94 bits per heavy atom. The van der Waals surface area contributed by atoms with Crippen molar-refractivity contribution in [3.05, 3.63) is 48.0 Å². The maximum absolute atomic E-state index is 13.6. The number of benzene rings is 2. The minimum atomic E-state index is -0.846. The van der Waals surface area contributed by atoms with Gasteiger partial charge in [0.05, 0.1) is 25.5 Å². The number of carbonyl (C=O) groups is 1. The van der Waals surface area contributed by atoms with Gasteiger partial charge in [0.1, 0.15) is 11.5 Å². The molecule has 1 atom stereocenters. The van der Waals surface area contributed by atoms with Crippen LogP contribution < -0.4 is 19.1 Å². The second kappa shape index (κ2) is 10.9. The van der Waals surface area contributed by atoms with E-state index in [1.165, 1.54) is 11.8 Å². The van der Waals surface area contributed by atoms with Gasteiger partial charge in [-0.25, -0.2) is 0 Å². The number of amides is 1. The predicted molar refractivity (Wildman–Crippen MR) is 136 cm³/mol. The van der Waals surface area contributed by atoms with Crippen LogP contribution in [0.5, 0.6) is 17.4 Å². The van der Waals surface area contributed by atoms with Gasteiger partial charge >= 0.3 is 0 Å². The highest BCUT2D eigenvalue weighted by Crippen LogP contribution is 2.45. The molecule has 0 bridgehead atoms. The Balaban J connectivity index is 1.93. The molecule has 0 aliphatic carbocycles. The zero-order chi connectivity index (χ0) is 24.9. The van der Waals surface area contributed by atoms with Gasteiger partial charge in [0, 0.05) is 17.7 Å². The number of methoxy groups -OCH3 is 2. The van der Waals surface area contributed by atoms with Gasteiger partial charge in [-0.05, 0) is 36.6 Å². The van der Waals surface area contributed by atoms with Gasteiger partial charge in [0.25, 0.3) is 0 Å². The van der Waals surface area contributed by atoms with Crippen LogP contribution in [0.25, 0.3) is 11.3 Å². The van der Waals surface area contributed by atoms with Gasteiger partial charge in [0.2, 0.25) is 23.2 Å². The average molecular weight is 495 g/mol. The van der Waals surface area contributed by atoms with Crippen LogP contribution in [0.4, 0.5) is 5.69 Å². The first-order valence-corrected chi connectivity index (χ1v) is 12.6. The maximum Gasteiger partial charge on any atom is 0.247 e. The number of anilines is 1. The fourth-order valence-corrected chi connectivity index (χ4v) is 4.58. The van der Waals surface area contributed by atoms with E-state index in [4.69, 9.17) is 19.2 Å². The average Bonchev–Trinajstić information content (AvgIpc) is 3.01. The summed E-state index contributed by atoms with van der Waals surface area (Å²) in [5, 5.41) is 9.36. The smallest absolute Gasteiger partial charge is 0.247 e. The number of fused-ring (bicyclic) bond motifs is 3. The molecule has 0 unspecified atom stereocenters. The Kier molecular flexibility index (Phi) is 7.75. The highest BCUT2D eigenvalue weighted by Gasteiger charge is 2.37. The van der Waals surface area contributed by atoms with Crippen LogP contribution in [0.2, 0.25) is 0 Å². The van der Waals surface area contributed by atoms with Gasteiger partial charge in [0.15, 0.2) is 5.69 Å². The van der Waals surface area contributed by atoms with E-state index in [1.807, 2.05) is 43.3 Å². The molecule has 1 aliphatic rings. The van der Waals surface area contributed by atoms with Crippen molar-refractivity contribution >= 4 is 23.4 Å². The molecule has 0 radical (unpaired) electrons. The number of carbonyl (C=O) groups excluding carboxylic acids is 1. The molecule has 4 rings (SSSR count). The minimum Gasteiger partial charge on any atom is -0.497 e. The molecule has 9 heteroatoms. The Morgan fingerprint density at radius 3 is 2.66 bits per heavy atom. The zero-order valence-corrected chi connectivity index (χ0v) is 21.5. The standard InChI is InChI=1S/C26H30N4O4S/c1-6-9-22(31)30-20-11-8-7-10-18(20)23-24(27-26(29-28-23)35-15-16(2)3)34-25(30)19-14-17(32-4)12-13-21(19)33-5/h7-8,10-14,16,25H,6,9,15H2,1-5H3/t25-/m1/s1. The molecule has 0 N–H and O–H groups in total. The first kappa shape index (κ1) is 24.8. The molecule has 35 heavy (non-hydrogen) atoms. The van der Waals surface area contributed by atoms with Crippen LogP contribution in [-0.2, 0) is 4.79 Å². The fourth-order valence-electron chi connectivity index (χ4n) is 3.85. The van der Waals surface area contributed by atoms with Crippen molar-refractivity contribution in [1.29, 1.82) is 0 Å². The molecule has 0 fully saturated rings. The molecule has 1 aliphatic heterocycles. The zero-order valence-electron chi connectivity index (χ0n) is 20.6. The van der Waals surface area contributed by atoms with Crippen LogP contribution in [0.15, 0.2) is 47.6 Å². The van der Waals surface area contributed by atoms with E-state index in [0.29, 0.717) is 58.2 Å². The summed E-state index contributed by atoms with van der Waals surface area (Å²) in [5.41, 5.74) is 2.55. The Bertz CT molecular complexity index is 1200. The topological polar surface area (TPSA) is 86.7 Å². The normalized spacial score (nSPS) is 14.6. The van der Waals surface area contributed by atoms with Crippen molar-refractivity contribution in [2.45, 2.75) is 45.0 Å². The lowest BCUT2D eigenvalue weighted by molar-refractivity contribution is -0.120. The van der Waals surface area contributed by atoms with Crippen molar-refractivity contribution in [2.75, 3.05) is 24.9 Å². The lowest BCUT2D eigenvalue weighted by Crippen LogP contribution is -2.37. The monoisotopic (exact) mass is 494 g/mol. The summed E-state index contributed by atoms with van der Waals surface area (Å²) in [6, 6.07) is 13.0. The number of rotatable bonds is 8. The van der Waals surface area contributed by atoms with Crippen LogP contribution in [0.3, 0.4) is 0 Å². The molecule has 2 heterocycles. The molecular weight excluding hydrogens is 464 g/mol. The summed E-state index contributed by atoms with van der Waals surface area (Å²) >= 11 is 1.53.